The molecule has 0 aromatic heterocycles. The van der Waals surface area contributed by atoms with Crippen molar-refractivity contribution in [3.8, 4) is 0 Å². The van der Waals surface area contributed by atoms with E-state index < -0.39 is 11.1 Å². The van der Waals surface area contributed by atoms with Crippen LogP contribution in [0, 0.1) is 5.92 Å². The van der Waals surface area contributed by atoms with E-state index in [1.165, 1.54) is 0 Å². The lowest BCUT2D eigenvalue weighted by Gasteiger charge is -2.51. The Morgan fingerprint density at radius 1 is 1.53 bits per heavy atom. The largest absolute Gasteiger partial charge is 0.453 e. The molecule has 0 aliphatic carbocycles. The maximum Gasteiger partial charge on any atom is 0.336 e. The standard InChI is InChI=1S/C10H14ClNO3/c1-3-10-6(4-5-11)7(13)12-9(10,2)8(14)15-10/h6H,3-5H2,1-2H3,(H,12,13)/t6-,9-,10-/m0/s1. The summed E-state index contributed by atoms with van der Waals surface area (Å²) in [5.74, 6) is -0.365. The van der Waals surface area contributed by atoms with Gasteiger partial charge in [0.15, 0.2) is 11.1 Å². The minimum Gasteiger partial charge on any atom is -0.453 e. The van der Waals surface area contributed by atoms with E-state index in [1.54, 1.807) is 6.92 Å². The second kappa shape index (κ2) is 3.11. The summed E-state index contributed by atoms with van der Waals surface area (Å²) in [5, 5.41) is 2.73. The van der Waals surface area contributed by atoms with Crippen LogP contribution >= 0.6 is 11.6 Å². The Balaban J connectivity index is 2.35. The molecule has 15 heavy (non-hydrogen) atoms. The van der Waals surface area contributed by atoms with Crippen LogP contribution < -0.4 is 5.32 Å². The number of alkyl halides is 1. The van der Waals surface area contributed by atoms with Gasteiger partial charge in [-0.3, -0.25) is 4.79 Å². The number of carbonyl (C=O) groups excluding carboxylic acids is 2. The van der Waals surface area contributed by atoms with E-state index in [-0.39, 0.29) is 17.8 Å². The normalized spacial score (nSPS) is 43.0. The molecule has 2 aliphatic heterocycles. The highest BCUT2D eigenvalue weighted by Crippen LogP contribution is 2.51. The summed E-state index contributed by atoms with van der Waals surface area (Å²) in [6.07, 6.45) is 1.18. The van der Waals surface area contributed by atoms with Gasteiger partial charge in [0.2, 0.25) is 5.91 Å². The van der Waals surface area contributed by atoms with Crippen molar-refractivity contribution in [1.82, 2.24) is 5.32 Å². The molecule has 0 aromatic rings. The highest BCUT2D eigenvalue weighted by atomic mass is 35.5. The molecule has 2 aliphatic rings. The van der Waals surface area contributed by atoms with Crippen LogP contribution in [0.25, 0.3) is 0 Å². The van der Waals surface area contributed by atoms with Crippen molar-refractivity contribution < 1.29 is 14.3 Å². The van der Waals surface area contributed by atoms with Gasteiger partial charge < -0.3 is 10.1 Å². The average Bonchev–Trinajstić information content (AvgIpc) is 2.37. The fourth-order valence-electron chi connectivity index (χ4n) is 2.76. The van der Waals surface area contributed by atoms with Crippen LogP contribution in [-0.2, 0) is 14.3 Å². The first kappa shape index (κ1) is 10.7. The number of fused-ring (bicyclic) bond motifs is 1. The van der Waals surface area contributed by atoms with E-state index in [2.05, 4.69) is 5.32 Å². The maximum atomic E-state index is 11.7. The summed E-state index contributed by atoms with van der Waals surface area (Å²) in [5.41, 5.74) is -1.51. The number of esters is 1. The van der Waals surface area contributed by atoms with Crippen LogP contribution in [0.5, 0.6) is 0 Å². The third-order valence-electron chi connectivity index (χ3n) is 3.71. The van der Waals surface area contributed by atoms with E-state index in [0.717, 1.165) is 0 Å². The summed E-state index contributed by atoms with van der Waals surface area (Å²) < 4.78 is 5.26. The lowest BCUT2D eigenvalue weighted by atomic mass is 9.69. The number of amides is 1. The molecule has 1 N–H and O–H groups in total. The third kappa shape index (κ3) is 1.03. The molecule has 5 heteroatoms. The summed E-state index contributed by atoms with van der Waals surface area (Å²) >= 11 is 5.66. The van der Waals surface area contributed by atoms with E-state index in [1.807, 2.05) is 6.92 Å². The molecule has 2 heterocycles. The molecule has 2 rings (SSSR count). The molecule has 84 valence electrons. The van der Waals surface area contributed by atoms with Crippen molar-refractivity contribution in [2.75, 3.05) is 5.88 Å². The molecular formula is C10H14ClNO3. The van der Waals surface area contributed by atoms with Gasteiger partial charge in [0.1, 0.15) is 0 Å². The number of nitrogens with one attached hydrogen (secondary N) is 1. The zero-order valence-corrected chi connectivity index (χ0v) is 9.56. The zero-order chi connectivity index (χ0) is 11.3. The van der Waals surface area contributed by atoms with Gasteiger partial charge in [-0.2, -0.15) is 0 Å². The van der Waals surface area contributed by atoms with Crippen molar-refractivity contribution in [2.45, 2.75) is 37.8 Å². The van der Waals surface area contributed by atoms with E-state index in [9.17, 15) is 9.59 Å². The second-order valence-corrected chi connectivity index (χ2v) is 4.66. The smallest absolute Gasteiger partial charge is 0.336 e. The first-order valence-corrected chi connectivity index (χ1v) is 5.66. The molecule has 0 aromatic carbocycles. The molecule has 0 unspecified atom stereocenters. The molecule has 3 atom stereocenters. The molecule has 2 fully saturated rings. The number of hydrogen-bond acceptors (Lipinski definition) is 3. The van der Waals surface area contributed by atoms with Crippen molar-refractivity contribution in [3.63, 3.8) is 0 Å². The highest BCUT2D eigenvalue weighted by molar-refractivity contribution is 6.18. The zero-order valence-electron chi connectivity index (χ0n) is 8.80. The Kier molecular flexibility index (Phi) is 2.23. The summed E-state index contributed by atoms with van der Waals surface area (Å²) in [4.78, 5) is 23.2. The fraction of sp³-hybridized carbons (Fsp3) is 0.800. The van der Waals surface area contributed by atoms with Gasteiger partial charge in [0.05, 0.1) is 5.92 Å². The number of hydrogen-bond donors (Lipinski definition) is 1. The number of carbonyl (C=O) groups is 2. The minimum absolute atomic E-state index is 0.120. The summed E-state index contributed by atoms with van der Waals surface area (Å²) in [6, 6.07) is 0. The van der Waals surface area contributed by atoms with Crippen LogP contribution in [0.4, 0.5) is 0 Å². The first-order valence-electron chi connectivity index (χ1n) is 5.13. The Morgan fingerprint density at radius 3 is 2.67 bits per heavy atom. The lowest BCUT2D eigenvalue weighted by Crippen LogP contribution is -2.73. The van der Waals surface area contributed by atoms with Gasteiger partial charge in [-0.1, -0.05) is 6.92 Å². The molecule has 0 spiro atoms. The van der Waals surface area contributed by atoms with Crippen LogP contribution in [0.2, 0.25) is 0 Å². The average molecular weight is 232 g/mol. The molecule has 0 radical (unpaired) electrons. The number of halogens is 1. The van der Waals surface area contributed by atoms with Crippen LogP contribution in [-0.4, -0.2) is 28.9 Å². The maximum absolute atomic E-state index is 11.7. The van der Waals surface area contributed by atoms with Crippen molar-refractivity contribution in [1.29, 1.82) is 0 Å². The quantitative estimate of drug-likeness (QED) is 0.578. The molecule has 1 amide bonds. The van der Waals surface area contributed by atoms with E-state index in [4.69, 9.17) is 16.3 Å². The monoisotopic (exact) mass is 231 g/mol. The Bertz CT molecular complexity index is 333. The van der Waals surface area contributed by atoms with Crippen molar-refractivity contribution in [2.24, 2.45) is 5.92 Å². The molecule has 2 saturated heterocycles. The minimum atomic E-state index is -0.838. The highest BCUT2D eigenvalue weighted by Gasteiger charge is 2.75. The topological polar surface area (TPSA) is 55.4 Å². The number of rotatable bonds is 3. The lowest BCUT2D eigenvalue weighted by molar-refractivity contribution is -0.222. The van der Waals surface area contributed by atoms with E-state index in [0.29, 0.717) is 18.7 Å². The van der Waals surface area contributed by atoms with E-state index >= 15 is 0 Å². The Morgan fingerprint density at radius 2 is 2.20 bits per heavy atom. The number of ether oxygens (including phenoxy) is 1. The second-order valence-electron chi connectivity index (χ2n) is 4.28. The predicted molar refractivity (Wildman–Crippen MR) is 54.5 cm³/mol. The third-order valence-corrected chi connectivity index (χ3v) is 3.92. The van der Waals surface area contributed by atoms with Gasteiger partial charge in [-0.15, -0.1) is 11.6 Å². The van der Waals surface area contributed by atoms with Gasteiger partial charge in [-0.05, 0) is 19.8 Å². The van der Waals surface area contributed by atoms with Gasteiger partial charge in [0.25, 0.3) is 0 Å². The Labute approximate surface area is 93.3 Å². The molecule has 0 bridgehead atoms. The van der Waals surface area contributed by atoms with Crippen molar-refractivity contribution >= 4 is 23.5 Å². The summed E-state index contributed by atoms with van der Waals surface area (Å²) in [7, 11) is 0. The molecule has 0 saturated carbocycles. The van der Waals surface area contributed by atoms with Gasteiger partial charge in [0, 0.05) is 5.88 Å². The first-order chi connectivity index (χ1) is 7.02. The fourth-order valence-corrected chi connectivity index (χ4v) is 2.98. The van der Waals surface area contributed by atoms with Crippen molar-refractivity contribution in [3.05, 3.63) is 0 Å². The summed E-state index contributed by atoms with van der Waals surface area (Å²) in [6.45, 7) is 3.65. The van der Waals surface area contributed by atoms with Gasteiger partial charge >= 0.3 is 5.97 Å². The SMILES string of the molecule is CC[C@@]12OC(=O)[C@]1(C)NC(=O)[C@@H]2CCCl. The molecular weight excluding hydrogens is 218 g/mol. The van der Waals surface area contributed by atoms with Crippen LogP contribution in [0.1, 0.15) is 26.7 Å². The Hall–Kier alpha value is -0.770. The van der Waals surface area contributed by atoms with Crippen LogP contribution in [0.15, 0.2) is 0 Å². The van der Waals surface area contributed by atoms with Gasteiger partial charge in [-0.25, -0.2) is 4.79 Å². The van der Waals surface area contributed by atoms with Crippen LogP contribution in [0.3, 0.4) is 0 Å². The predicted octanol–water partition coefficient (Wildman–Crippen LogP) is 0.826. The molecule has 4 nitrogen and oxygen atoms in total.